The minimum absolute atomic E-state index is 0.106. The van der Waals surface area contributed by atoms with Gasteiger partial charge in [-0.25, -0.2) is 27.8 Å². The quantitative estimate of drug-likeness (QED) is 0.419. The van der Waals surface area contributed by atoms with Crippen molar-refractivity contribution in [3.63, 3.8) is 0 Å². The number of nitrogens with zero attached hydrogens (tertiary/aromatic N) is 4. The number of anilines is 1. The van der Waals surface area contributed by atoms with Gasteiger partial charge in [0.1, 0.15) is 5.82 Å². The van der Waals surface area contributed by atoms with E-state index in [1.807, 2.05) is 6.92 Å². The van der Waals surface area contributed by atoms with Gasteiger partial charge in [-0.15, -0.1) is 0 Å². The van der Waals surface area contributed by atoms with E-state index in [4.69, 9.17) is 10.5 Å². The van der Waals surface area contributed by atoms with Crippen LogP contribution in [0.25, 0.3) is 11.3 Å². The molecule has 190 valence electrons. The standard InChI is InChI=1S/C24H27FN6O4S/c1-4-24(3,18-10-11-28-23(30-18)31-36(33,34)14-6-7-14)20-15(8-9-16(21(20)25)22(26)32)17-12-27-13-19(29-17)35-5-2/h8-14H,4-7H2,1-3H3,(H2,26,32)(H,28,30,31). The third-order valence-corrected chi connectivity index (χ3v) is 8.08. The van der Waals surface area contributed by atoms with Crippen LogP contribution in [-0.4, -0.2) is 46.1 Å². The fraction of sp³-hybridized carbons (Fsp3) is 0.375. The van der Waals surface area contributed by atoms with E-state index in [2.05, 4.69) is 24.7 Å². The Morgan fingerprint density at radius 1 is 1.22 bits per heavy atom. The van der Waals surface area contributed by atoms with E-state index in [1.54, 1.807) is 26.0 Å². The molecule has 1 aromatic carbocycles. The first-order valence-corrected chi connectivity index (χ1v) is 13.1. The van der Waals surface area contributed by atoms with Crippen molar-refractivity contribution in [2.24, 2.45) is 5.73 Å². The summed E-state index contributed by atoms with van der Waals surface area (Å²) in [5.41, 5.74) is 5.22. The minimum Gasteiger partial charge on any atom is -0.477 e. The monoisotopic (exact) mass is 514 g/mol. The van der Waals surface area contributed by atoms with E-state index in [0.29, 0.717) is 42.8 Å². The molecule has 1 unspecified atom stereocenters. The van der Waals surface area contributed by atoms with Crippen LogP contribution in [0.2, 0.25) is 0 Å². The van der Waals surface area contributed by atoms with Gasteiger partial charge in [-0.2, -0.15) is 0 Å². The normalized spacial score (nSPS) is 15.2. The van der Waals surface area contributed by atoms with Crippen LogP contribution in [-0.2, 0) is 15.4 Å². The maximum Gasteiger partial charge on any atom is 0.251 e. The Hall–Kier alpha value is -3.67. The molecule has 1 saturated carbocycles. The third kappa shape index (κ3) is 4.85. The second-order valence-corrected chi connectivity index (χ2v) is 10.6. The Morgan fingerprint density at radius 2 is 1.97 bits per heavy atom. The fourth-order valence-corrected chi connectivity index (χ4v) is 5.28. The van der Waals surface area contributed by atoms with E-state index in [9.17, 15) is 13.2 Å². The summed E-state index contributed by atoms with van der Waals surface area (Å²) in [4.78, 5) is 29.1. The van der Waals surface area contributed by atoms with Crippen LogP contribution < -0.4 is 15.2 Å². The highest BCUT2D eigenvalue weighted by molar-refractivity contribution is 7.93. The number of halogens is 1. The Balaban J connectivity index is 1.90. The Morgan fingerprint density at radius 3 is 2.61 bits per heavy atom. The van der Waals surface area contributed by atoms with Gasteiger partial charge in [0.2, 0.25) is 21.9 Å². The van der Waals surface area contributed by atoms with Crippen molar-refractivity contribution in [3.8, 4) is 17.1 Å². The van der Waals surface area contributed by atoms with Crippen LogP contribution >= 0.6 is 0 Å². The summed E-state index contributed by atoms with van der Waals surface area (Å²) in [6.07, 6.45) is 5.82. The fourth-order valence-electron chi connectivity index (χ4n) is 4.00. The number of sulfonamides is 1. The molecule has 10 nitrogen and oxygen atoms in total. The Kier molecular flexibility index (Phi) is 6.90. The molecule has 1 fully saturated rings. The second-order valence-electron chi connectivity index (χ2n) is 8.69. The van der Waals surface area contributed by atoms with Crippen molar-refractivity contribution in [2.75, 3.05) is 11.3 Å². The van der Waals surface area contributed by atoms with Gasteiger partial charge >= 0.3 is 0 Å². The third-order valence-electron chi connectivity index (χ3n) is 6.26. The number of amides is 1. The number of primary amides is 1. The predicted molar refractivity (Wildman–Crippen MR) is 131 cm³/mol. The average Bonchev–Trinajstić information content (AvgIpc) is 3.70. The lowest BCUT2D eigenvalue weighted by molar-refractivity contribution is 0.0996. The number of hydrogen-bond donors (Lipinski definition) is 2. The van der Waals surface area contributed by atoms with Gasteiger partial charge in [-0.05, 0) is 45.2 Å². The summed E-state index contributed by atoms with van der Waals surface area (Å²) in [6.45, 7) is 5.76. The number of ether oxygens (including phenoxy) is 1. The lowest BCUT2D eigenvalue weighted by Gasteiger charge is -2.31. The first-order valence-electron chi connectivity index (χ1n) is 11.5. The summed E-state index contributed by atoms with van der Waals surface area (Å²) < 4.78 is 48.8. The first-order chi connectivity index (χ1) is 17.1. The van der Waals surface area contributed by atoms with E-state index in [1.165, 1.54) is 24.7 Å². The molecule has 1 aliphatic carbocycles. The molecule has 0 aliphatic heterocycles. The summed E-state index contributed by atoms with van der Waals surface area (Å²) in [5.74, 6) is -1.58. The predicted octanol–water partition coefficient (Wildman–Crippen LogP) is 3.19. The molecule has 0 bridgehead atoms. The summed E-state index contributed by atoms with van der Waals surface area (Å²) in [6, 6.07) is 4.45. The number of carbonyl (C=O) groups excluding carboxylic acids is 1. The number of hydrogen-bond acceptors (Lipinski definition) is 8. The zero-order chi connectivity index (χ0) is 26.1. The van der Waals surface area contributed by atoms with Gasteiger partial charge in [0.15, 0.2) is 0 Å². The van der Waals surface area contributed by atoms with Crippen LogP contribution in [0, 0.1) is 5.82 Å². The lowest BCUT2D eigenvalue weighted by Crippen LogP contribution is -2.29. The second kappa shape index (κ2) is 9.76. The molecule has 12 heteroatoms. The van der Waals surface area contributed by atoms with E-state index >= 15 is 4.39 Å². The smallest absolute Gasteiger partial charge is 0.251 e. The molecule has 0 spiro atoms. The SMILES string of the molecule is CCOc1cncc(-c2ccc(C(N)=O)c(F)c2C(C)(CC)c2ccnc(NS(=O)(=O)C3CC3)n2)n1. The molecule has 2 aromatic heterocycles. The summed E-state index contributed by atoms with van der Waals surface area (Å²) in [5, 5.41) is -0.463. The van der Waals surface area contributed by atoms with Crippen molar-refractivity contribution in [1.29, 1.82) is 0 Å². The zero-order valence-corrected chi connectivity index (χ0v) is 21.0. The van der Waals surface area contributed by atoms with Gasteiger partial charge in [0.05, 0.1) is 41.2 Å². The number of benzene rings is 1. The van der Waals surface area contributed by atoms with Crippen LogP contribution in [0.5, 0.6) is 5.88 Å². The number of nitrogens with one attached hydrogen (secondary N) is 1. The topological polar surface area (TPSA) is 150 Å². The van der Waals surface area contributed by atoms with Crippen molar-refractivity contribution in [1.82, 2.24) is 19.9 Å². The highest BCUT2D eigenvalue weighted by Crippen LogP contribution is 2.42. The largest absolute Gasteiger partial charge is 0.477 e. The Bertz CT molecular complexity index is 1410. The molecule has 0 radical (unpaired) electrons. The number of aromatic nitrogens is 4. The Labute approximate surface area is 208 Å². The maximum atomic E-state index is 16.0. The molecule has 1 amide bonds. The highest BCUT2D eigenvalue weighted by atomic mass is 32.2. The van der Waals surface area contributed by atoms with Crippen molar-refractivity contribution in [2.45, 2.75) is 50.7 Å². The molecular formula is C24H27FN6O4S. The average molecular weight is 515 g/mol. The van der Waals surface area contributed by atoms with Gasteiger partial charge in [-0.1, -0.05) is 13.0 Å². The van der Waals surface area contributed by atoms with Crippen molar-refractivity contribution in [3.05, 3.63) is 59.4 Å². The molecule has 3 aromatic rings. The van der Waals surface area contributed by atoms with Gasteiger partial charge in [-0.3, -0.25) is 14.5 Å². The van der Waals surface area contributed by atoms with E-state index in [0.717, 1.165) is 0 Å². The van der Waals surface area contributed by atoms with E-state index < -0.39 is 32.4 Å². The number of carbonyl (C=O) groups is 1. The molecule has 36 heavy (non-hydrogen) atoms. The minimum atomic E-state index is -3.60. The van der Waals surface area contributed by atoms with Gasteiger partial charge in [0, 0.05) is 22.7 Å². The summed E-state index contributed by atoms with van der Waals surface area (Å²) in [7, 11) is -3.60. The molecule has 3 N–H and O–H groups in total. The molecule has 4 rings (SSSR count). The van der Waals surface area contributed by atoms with Crippen molar-refractivity contribution >= 4 is 21.9 Å². The van der Waals surface area contributed by atoms with Crippen LogP contribution in [0.4, 0.5) is 10.3 Å². The van der Waals surface area contributed by atoms with Crippen LogP contribution in [0.1, 0.15) is 61.6 Å². The van der Waals surface area contributed by atoms with Gasteiger partial charge < -0.3 is 10.5 Å². The van der Waals surface area contributed by atoms with Crippen LogP contribution in [0.3, 0.4) is 0 Å². The molecule has 2 heterocycles. The maximum absolute atomic E-state index is 16.0. The van der Waals surface area contributed by atoms with Gasteiger partial charge in [0.25, 0.3) is 5.91 Å². The molecule has 0 saturated heterocycles. The van der Waals surface area contributed by atoms with Crippen LogP contribution in [0.15, 0.2) is 36.8 Å². The lowest BCUT2D eigenvalue weighted by atomic mass is 9.73. The molecular weight excluding hydrogens is 487 g/mol. The number of rotatable bonds is 10. The molecule has 1 aliphatic rings. The van der Waals surface area contributed by atoms with E-state index in [-0.39, 0.29) is 23.0 Å². The van der Waals surface area contributed by atoms with Crippen molar-refractivity contribution < 1.29 is 22.3 Å². The first kappa shape index (κ1) is 25.4. The zero-order valence-electron chi connectivity index (χ0n) is 20.2. The molecule has 1 atom stereocenters. The number of nitrogens with two attached hydrogens (primary N) is 1. The highest BCUT2D eigenvalue weighted by Gasteiger charge is 2.38. The summed E-state index contributed by atoms with van der Waals surface area (Å²) >= 11 is 0.